The molecule has 4 atom stereocenters. The Hall–Kier alpha value is -0.933. The highest BCUT2D eigenvalue weighted by Crippen LogP contribution is 2.71. The summed E-state index contributed by atoms with van der Waals surface area (Å²) in [5, 5.41) is 0.173. The largest absolute Gasteiger partial charge is 0.416 e. The van der Waals surface area contributed by atoms with E-state index in [2.05, 4.69) is 59.2 Å². The number of rotatable bonds is 4. The second kappa shape index (κ2) is 5.28. The van der Waals surface area contributed by atoms with Gasteiger partial charge in [-0.25, -0.2) is 0 Å². The second-order valence-corrected chi connectivity index (χ2v) is 14.5. The molecule has 3 heteroatoms. The van der Waals surface area contributed by atoms with Gasteiger partial charge in [-0.2, -0.15) is 0 Å². The van der Waals surface area contributed by atoms with Gasteiger partial charge in [-0.05, 0) is 55.3 Å². The monoisotopic (exact) mass is 344 g/mol. The second-order valence-electron chi connectivity index (χ2n) is 9.69. The lowest BCUT2D eigenvalue weighted by Crippen LogP contribution is -2.50. The Labute approximate surface area is 148 Å². The first kappa shape index (κ1) is 17.9. The van der Waals surface area contributed by atoms with E-state index in [-0.39, 0.29) is 15.9 Å². The number of hydrogen-bond acceptors (Lipinski definition) is 2. The predicted molar refractivity (Wildman–Crippen MR) is 102 cm³/mol. The van der Waals surface area contributed by atoms with Gasteiger partial charge in [0.2, 0.25) is 0 Å². The van der Waals surface area contributed by atoms with Crippen LogP contribution in [0.15, 0.2) is 37.0 Å². The van der Waals surface area contributed by atoms with Gasteiger partial charge in [0.15, 0.2) is 14.1 Å². The van der Waals surface area contributed by atoms with Crippen molar-refractivity contribution in [2.24, 2.45) is 22.7 Å². The van der Waals surface area contributed by atoms with Crippen LogP contribution in [-0.2, 0) is 9.22 Å². The summed E-state index contributed by atoms with van der Waals surface area (Å²) in [6.07, 6.45) is 8.81. The Morgan fingerprint density at radius 1 is 1.38 bits per heavy atom. The lowest BCUT2D eigenvalue weighted by molar-refractivity contribution is -0.131. The zero-order chi connectivity index (χ0) is 18.0. The van der Waals surface area contributed by atoms with E-state index >= 15 is 0 Å². The van der Waals surface area contributed by atoms with Gasteiger partial charge in [0.25, 0.3) is 0 Å². The van der Waals surface area contributed by atoms with Crippen molar-refractivity contribution >= 4 is 14.1 Å². The molecule has 132 valence electrons. The first-order valence-corrected chi connectivity index (χ1v) is 12.1. The van der Waals surface area contributed by atoms with Crippen molar-refractivity contribution in [2.45, 2.75) is 58.2 Å². The zero-order valence-electron chi connectivity index (χ0n) is 15.9. The molecule has 24 heavy (non-hydrogen) atoms. The smallest absolute Gasteiger partial charge is 0.192 e. The number of carbonyl (C=O) groups excluding carboxylic acids is 1. The summed E-state index contributed by atoms with van der Waals surface area (Å²) >= 11 is 0. The van der Waals surface area contributed by atoms with Crippen LogP contribution in [0.4, 0.5) is 0 Å². The number of allylic oxidation sites excluding steroid dienone is 4. The molecule has 3 aliphatic rings. The van der Waals surface area contributed by atoms with Gasteiger partial charge in [0, 0.05) is 12.0 Å². The van der Waals surface area contributed by atoms with Gasteiger partial charge in [-0.3, -0.25) is 4.79 Å². The molecule has 0 aromatic rings. The molecule has 2 nitrogen and oxygen atoms in total. The molecule has 0 bridgehead atoms. The molecule has 0 aromatic carbocycles. The van der Waals surface area contributed by atoms with Gasteiger partial charge < -0.3 is 4.43 Å². The van der Waals surface area contributed by atoms with Crippen molar-refractivity contribution in [3.63, 3.8) is 0 Å². The van der Waals surface area contributed by atoms with Crippen LogP contribution in [0.1, 0.15) is 40.0 Å². The molecule has 0 amide bonds. The van der Waals surface area contributed by atoms with Crippen LogP contribution in [0.5, 0.6) is 0 Å². The normalized spacial score (nSPS) is 38.5. The third-order valence-electron chi connectivity index (χ3n) is 7.53. The molecule has 1 unspecified atom stereocenters. The molecule has 3 aliphatic carbocycles. The van der Waals surface area contributed by atoms with E-state index in [0.717, 1.165) is 19.3 Å². The summed E-state index contributed by atoms with van der Waals surface area (Å²) in [5.74, 6) is 0.963. The van der Waals surface area contributed by atoms with Gasteiger partial charge in [-0.1, -0.05) is 45.1 Å². The van der Waals surface area contributed by atoms with E-state index in [9.17, 15) is 4.79 Å². The first-order valence-electron chi connectivity index (χ1n) is 9.16. The van der Waals surface area contributed by atoms with Gasteiger partial charge in [0.05, 0.1) is 5.41 Å². The van der Waals surface area contributed by atoms with Crippen LogP contribution < -0.4 is 0 Å². The SMILES string of the molecule is C=C[C@H]1C[C@H]2C=CC(=O)C23CC(=C)C[C@]13CO[Si](C)(C)C(C)(C)C. The molecule has 0 N–H and O–H groups in total. The molecule has 3 rings (SSSR count). The number of carbonyl (C=O) groups is 1. The lowest BCUT2D eigenvalue weighted by Gasteiger charge is -2.45. The quantitative estimate of drug-likeness (QED) is 0.511. The van der Waals surface area contributed by atoms with Gasteiger partial charge in [0.1, 0.15) is 0 Å². The van der Waals surface area contributed by atoms with Gasteiger partial charge >= 0.3 is 0 Å². The fourth-order valence-corrected chi connectivity index (χ4v) is 6.20. The van der Waals surface area contributed by atoms with Crippen LogP contribution >= 0.6 is 0 Å². The first-order chi connectivity index (χ1) is 11.0. The van der Waals surface area contributed by atoms with E-state index in [0.29, 0.717) is 24.2 Å². The number of ketones is 1. The summed E-state index contributed by atoms with van der Waals surface area (Å²) in [6.45, 7) is 20.4. The van der Waals surface area contributed by atoms with E-state index < -0.39 is 8.32 Å². The molecule has 0 heterocycles. The lowest BCUT2D eigenvalue weighted by atomic mass is 9.62. The summed E-state index contributed by atoms with van der Waals surface area (Å²) < 4.78 is 6.68. The molecular weight excluding hydrogens is 312 g/mol. The average molecular weight is 345 g/mol. The van der Waals surface area contributed by atoms with Crippen molar-refractivity contribution in [2.75, 3.05) is 6.61 Å². The molecular formula is C21H32O2Si. The minimum atomic E-state index is -1.87. The minimum Gasteiger partial charge on any atom is -0.416 e. The number of hydrogen-bond donors (Lipinski definition) is 0. The summed E-state index contributed by atoms with van der Waals surface area (Å²) in [7, 11) is -1.87. The highest BCUT2D eigenvalue weighted by atomic mass is 28.4. The molecule has 1 spiro atoms. The molecule has 2 fully saturated rings. The van der Waals surface area contributed by atoms with Crippen molar-refractivity contribution in [3.05, 3.63) is 37.0 Å². The maximum absolute atomic E-state index is 13.0. The van der Waals surface area contributed by atoms with Crippen molar-refractivity contribution < 1.29 is 9.22 Å². The molecule has 0 aromatic heterocycles. The topological polar surface area (TPSA) is 26.3 Å². The third-order valence-corrected chi connectivity index (χ3v) is 12.0. The average Bonchev–Trinajstić information content (AvgIpc) is 3.01. The molecule has 0 saturated heterocycles. The van der Waals surface area contributed by atoms with Crippen LogP contribution in [-0.4, -0.2) is 20.7 Å². The molecule has 0 radical (unpaired) electrons. The van der Waals surface area contributed by atoms with E-state index in [1.165, 1.54) is 5.57 Å². The Kier molecular flexibility index (Phi) is 3.93. The fraction of sp³-hybridized carbons (Fsp3) is 0.667. The fourth-order valence-electron chi connectivity index (χ4n) is 5.14. The Morgan fingerprint density at radius 2 is 2.04 bits per heavy atom. The van der Waals surface area contributed by atoms with Crippen molar-refractivity contribution in [3.8, 4) is 0 Å². The van der Waals surface area contributed by atoms with Crippen molar-refractivity contribution in [1.82, 2.24) is 0 Å². The maximum atomic E-state index is 13.0. The Morgan fingerprint density at radius 3 is 2.62 bits per heavy atom. The van der Waals surface area contributed by atoms with Crippen LogP contribution in [0.3, 0.4) is 0 Å². The highest BCUT2D eigenvalue weighted by Gasteiger charge is 2.71. The van der Waals surface area contributed by atoms with E-state index in [1.54, 1.807) is 0 Å². The van der Waals surface area contributed by atoms with Crippen LogP contribution in [0.2, 0.25) is 18.1 Å². The predicted octanol–water partition coefficient (Wildman–Crippen LogP) is 5.29. The van der Waals surface area contributed by atoms with E-state index in [4.69, 9.17) is 4.43 Å². The Balaban J connectivity index is 2.00. The Bertz CT molecular complexity index is 624. The third kappa shape index (κ3) is 2.13. The van der Waals surface area contributed by atoms with Crippen LogP contribution in [0, 0.1) is 22.7 Å². The van der Waals surface area contributed by atoms with Crippen LogP contribution in [0.25, 0.3) is 0 Å². The molecule has 0 aliphatic heterocycles. The minimum absolute atomic E-state index is 0.146. The van der Waals surface area contributed by atoms with E-state index in [1.807, 2.05) is 6.08 Å². The maximum Gasteiger partial charge on any atom is 0.192 e. The highest BCUT2D eigenvalue weighted by molar-refractivity contribution is 6.74. The summed E-state index contributed by atoms with van der Waals surface area (Å²) in [5.41, 5.74) is 0.750. The summed E-state index contributed by atoms with van der Waals surface area (Å²) in [4.78, 5) is 13.0. The van der Waals surface area contributed by atoms with Crippen molar-refractivity contribution in [1.29, 1.82) is 0 Å². The standard InChI is InChI=1S/C21H32O2Si/c1-8-16-11-17-9-10-18(22)21(17)13-15(2)12-20(16,21)14-23-24(6,7)19(3,4)5/h8-10,16-17H,1-2,11-14H2,3-7H3/t16-,17+,20-,21?/m0/s1. The van der Waals surface area contributed by atoms with Gasteiger partial charge in [-0.15, -0.1) is 6.58 Å². The summed E-state index contributed by atoms with van der Waals surface area (Å²) in [6, 6.07) is 0. The molecule has 2 saturated carbocycles. The zero-order valence-corrected chi connectivity index (χ0v) is 16.9.